The van der Waals surface area contributed by atoms with Crippen LogP contribution in [0, 0.1) is 0 Å². The fraction of sp³-hybridized carbons (Fsp3) is 0.625. The average Bonchev–Trinajstić information content (AvgIpc) is 2.41. The van der Waals surface area contributed by atoms with Gasteiger partial charge in [-0.15, -0.1) is 0 Å². The van der Waals surface area contributed by atoms with E-state index in [2.05, 4.69) is 11.8 Å². The maximum absolute atomic E-state index is 10.1. The molecule has 0 radical (unpaired) electrons. The van der Waals surface area contributed by atoms with Crippen molar-refractivity contribution in [2.45, 2.75) is 51.2 Å². The molecule has 2 rings (SSSR count). The Kier molecular flexibility index (Phi) is 5.23. The highest BCUT2D eigenvalue weighted by Crippen LogP contribution is 2.22. The molecule has 0 bridgehead atoms. The average molecular weight is 263 g/mol. The Morgan fingerprint density at radius 2 is 2.00 bits per heavy atom. The van der Waals surface area contributed by atoms with Gasteiger partial charge in [-0.1, -0.05) is 18.6 Å². The second-order valence-corrected chi connectivity index (χ2v) is 5.63. The third-order valence-corrected chi connectivity index (χ3v) is 4.14. The van der Waals surface area contributed by atoms with Crippen LogP contribution in [-0.2, 0) is 0 Å². The van der Waals surface area contributed by atoms with Crippen LogP contribution >= 0.6 is 0 Å². The van der Waals surface area contributed by atoms with Crippen molar-refractivity contribution in [1.82, 2.24) is 4.90 Å². The number of aliphatic hydroxyl groups is 1. The molecule has 1 saturated heterocycles. The number of rotatable bonds is 5. The zero-order valence-electron chi connectivity index (χ0n) is 11.8. The maximum Gasteiger partial charge on any atom is 0.115 e. The molecule has 3 nitrogen and oxygen atoms in total. The lowest BCUT2D eigenvalue weighted by atomic mass is 10.0. The molecule has 19 heavy (non-hydrogen) atoms. The van der Waals surface area contributed by atoms with Gasteiger partial charge in [-0.25, -0.2) is 0 Å². The summed E-state index contributed by atoms with van der Waals surface area (Å²) < 4.78 is 0. The maximum atomic E-state index is 10.1. The molecule has 1 heterocycles. The van der Waals surface area contributed by atoms with Gasteiger partial charge in [0, 0.05) is 6.04 Å². The molecular weight excluding hydrogens is 238 g/mol. The number of aliphatic hydroxyl groups excluding tert-OH is 1. The zero-order valence-corrected chi connectivity index (χ0v) is 11.8. The second-order valence-electron chi connectivity index (χ2n) is 5.63. The molecule has 1 aromatic rings. The fourth-order valence-electron chi connectivity index (χ4n) is 2.84. The molecule has 0 spiro atoms. The number of aromatic hydroxyl groups is 1. The molecule has 3 heteroatoms. The largest absolute Gasteiger partial charge is 0.508 e. The van der Waals surface area contributed by atoms with Gasteiger partial charge in [-0.05, 0) is 63.4 Å². The van der Waals surface area contributed by atoms with Crippen LogP contribution in [0.1, 0.15) is 50.7 Å². The number of likely N-dealkylation sites (tertiary alicyclic amines) is 1. The number of benzene rings is 1. The minimum absolute atomic E-state index is 0.248. The normalized spacial score (nSPS) is 22.3. The summed E-state index contributed by atoms with van der Waals surface area (Å²) in [4.78, 5) is 2.53. The highest BCUT2D eigenvalue weighted by Gasteiger charge is 2.18. The number of hydrogen-bond acceptors (Lipinski definition) is 3. The molecular formula is C16H25NO2. The smallest absolute Gasteiger partial charge is 0.115 e. The van der Waals surface area contributed by atoms with Gasteiger partial charge < -0.3 is 15.1 Å². The first-order valence-corrected chi connectivity index (χ1v) is 7.38. The van der Waals surface area contributed by atoms with Crippen molar-refractivity contribution in [3.8, 4) is 5.75 Å². The standard InChI is InChI=1S/C16H25NO2/c1-13-5-2-3-11-17(13)12-4-6-16(19)14-7-9-15(18)10-8-14/h7-10,13,16,18-19H,2-6,11-12H2,1H3. The fourth-order valence-corrected chi connectivity index (χ4v) is 2.84. The van der Waals surface area contributed by atoms with E-state index in [1.807, 2.05) is 0 Å². The first-order chi connectivity index (χ1) is 9.16. The minimum atomic E-state index is -0.416. The van der Waals surface area contributed by atoms with E-state index in [0.717, 1.165) is 24.9 Å². The lowest BCUT2D eigenvalue weighted by Gasteiger charge is -2.33. The summed E-state index contributed by atoms with van der Waals surface area (Å²) in [6.07, 6.45) is 5.36. The summed E-state index contributed by atoms with van der Waals surface area (Å²) in [7, 11) is 0. The van der Waals surface area contributed by atoms with Crippen molar-refractivity contribution in [2.24, 2.45) is 0 Å². The van der Waals surface area contributed by atoms with Crippen molar-refractivity contribution in [3.05, 3.63) is 29.8 Å². The highest BCUT2D eigenvalue weighted by molar-refractivity contribution is 5.27. The molecule has 1 aliphatic heterocycles. The Morgan fingerprint density at radius 1 is 1.26 bits per heavy atom. The number of hydrogen-bond donors (Lipinski definition) is 2. The Balaban J connectivity index is 1.74. The van der Waals surface area contributed by atoms with Crippen LogP contribution in [-0.4, -0.2) is 34.2 Å². The first-order valence-electron chi connectivity index (χ1n) is 7.38. The molecule has 2 unspecified atom stereocenters. The Bertz CT molecular complexity index is 377. The Morgan fingerprint density at radius 3 is 2.68 bits per heavy atom. The quantitative estimate of drug-likeness (QED) is 0.858. The van der Waals surface area contributed by atoms with Crippen LogP contribution in [0.3, 0.4) is 0 Å². The predicted octanol–water partition coefficient (Wildman–Crippen LogP) is 3.08. The molecule has 0 amide bonds. The summed E-state index contributed by atoms with van der Waals surface area (Å²) in [5.41, 5.74) is 0.893. The monoisotopic (exact) mass is 263 g/mol. The number of nitrogens with zero attached hydrogens (tertiary/aromatic N) is 1. The molecule has 0 aliphatic carbocycles. The van der Waals surface area contributed by atoms with Gasteiger partial charge in [0.2, 0.25) is 0 Å². The predicted molar refractivity (Wildman–Crippen MR) is 77.2 cm³/mol. The molecule has 106 valence electrons. The van der Waals surface area contributed by atoms with Crippen molar-refractivity contribution in [2.75, 3.05) is 13.1 Å². The van der Waals surface area contributed by atoms with Gasteiger partial charge in [-0.3, -0.25) is 0 Å². The second kappa shape index (κ2) is 6.92. The summed E-state index contributed by atoms with van der Waals surface area (Å²) in [6, 6.07) is 7.54. The van der Waals surface area contributed by atoms with Crippen molar-refractivity contribution < 1.29 is 10.2 Å². The van der Waals surface area contributed by atoms with Gasteiger partial charge in [0.25, 0.3) is 0 Å². The van der Waals surface area contributed by atoms with E-state index >= 15 is 0 Å². The van der Waals surface area contributed by atoms with Crippen molar-refractivity contribution in [3.63, 3.8) is 0 Å². The molecule has 1 aliphatic rings. The molecule has 2 N–H and O–H groups in total. The van der Waals surface area contributed by atoms with Gasteiger partial charge in [0.15, 0.2) is 0 Å². The third kappa shape index (κ3) is 4.22. The van der Waals surface area contributed by atoms with Crippen LogP contribution in [0.15, 0.2) is 24.3 Å². The zero-order chi connectivity index (χ0) is 13.7. The molecule has 1 aromatic carbocycles. The molecule has 0 aromatic heterocycles. The van der Waals surface area contributed by atoms with Crippen LogP contribution in [0.25, 0.3) is 0 Å². The van der Waals surface area contributed by atoms with E-state index in [1.54, 1.807) is 24.3 Å². The SMILES string of the molecule is CC1CCCCN1CCCC(O)c1ccc(O)cc1. The minimum Gasteiger partial charge on any atom is -0.508 e. The molecule has 1 fully saturated rings. The van der Waals surface area contributed by atoms with Gasteiger partial charge >= 0.3 is 0 Å². The van der Waals surface area contributed by atoms with Gasteiger partial charge in [0.05, 0.1) is 6.10 Å². The van der Waals surface area contributed by atoms with E-state index in [0.29, 0.717) is 6.04 Å². The summed E-state index contributed by atoms with van der Waals surface area (Å²) >= 11 is 0. The number of phenols is 1. The van der Waals surface area contributed by atoms with E-state index < -0.39 is 6.10 Å². The number of piperidine rings is 1. The van der Waals surface area contributed by atoms with E-state index in [-0.39, 0.29) is 5.75 Å². The summed E-state index contributed by atoms with van der Waals surface area (Å²) in [6.45, 7) is 4.59. The van der Waals surface area contributed by atoms with Crippen LogP contribution in [0.5, 0.6) is 5.75 Å². The summed E-state index contributed by atoms with van der Waals surface area (Å²) in [5.74, 6) is 0.248. The van der Waals surface area contributed by atoms with E-state index in [4.69, 9.17) is 0 Å². The lowest BCUT2D eigenvalue weighted by molar-refractivity contribution is 0.130. The third-order valence-electron chi connectivity index (χ3n) is 4.14. The number of phenolic OH excluding ortho intramolecular Hbond substituents is 1. The van der Waals surface area contributed by atoms with Gasteiger partial charge in [0.1, 0.15) is 5.75 Å². The van der Waals surface area contributed by atoms with Crippen LogP contribution in [0.2, 0.25) is 0 Å². The summed E-state index contributed by atoms with van der Waals surface area (Å²) in [5, 5.41) is 19.3. The first kappa shape index (κ1) is 14.4. The van der Waals surface area contributed by atoms with Crippen molar-refractivity contribution in [1.29, 1.82) is 0 Å². The van der Waals surface area contributed by atoms with Crippen molar-refractivity contribution >= 4 is 0 Å². The topological polar surface area (TPSA) is 43.7 Å². The van der Waals surface area contributed by atoms with E-state index in [9.17, 15) is 10.2 Å². The Labute approximate surface area is 115 Å². The van der Waals surface area contributed by atoms with E-state index in [1.165, 1.54) is 25.8 Å². The highest BCUT2D eigenvalue weighted by atomic mass is 16.3. The molecule has 2 atom stereocenters. The van der Waals surface area contributed by atoms with Gasteiger partial charge in [-0.2, -0.15) is 0 Å². The van der Waals surface area contributed by atoms with Crippen LogP contribution in [0.4, 0.5) is 0 Å². The Hall–Kier alpha value is -1.06. The lowest BCUT2D eigenvalue weighted by Crippen LogP contribution is -2.38. The van der Waals surface area contributed by atoms with Crippen LogP contribution < -0.4 is 0 Å². The molecule has 0 saturated carbocycles.